The van der Waals surface area contributed by atoms with Crippen LogP contribution in [0.25, 0.3) is 10.8 Å². The maximum absolute atomic E-state index is 11.4. The summed E-state index contributed by atoms with van der Waals surface area (Å²) in [4.78, 5) is 17.9. The zero-order chi connectivity index (χ0) is 23.5. The second-order valence-corrected chi connectivity index (χ2v) is 8.73. The minimum Gasteiger partial charge on any atom is -0.489 e. The lowest BCUT2D eigenvalue weighted by Crippen LogP contribution is -2.34. The Labute approximate surface area is 194 Å². The van der Waals surface area contributed by atoms with Crippen LogP contribution in [0.1, 0.15) is 40.0 Å². The van der Waals surface area contributed by atoms with Crippen molar-refractivity contribution in [2.75, 3.05) is 14.1 Å². The monoisotopic (exact) mass is 442 g/mol. The summed E-state index contributed by atoms with van der Waals surface area (Å²) in [6.07, 6.45) is 5.72. The van der Waals surface area contributed by atoms with Crippen LogP contribution in [0.5, 0.6) is 5.75 Å². The van der Waals surface area contributed by atoms with E-state index in [0.717, 1.165) is 27.6 Å². The van der Waals surface area contributed by atoms with Gasteiger partial charge in [0.25, 0.3) is 0 Å². The summed E-state index contributed by atoms with van der Waals surface area (Å²) >= 11 is 0. The fourth-order valence-corrected chi connectivity index (χ4v) is 4.19. The molecule has 0 aliphatic carbocycles. The Bertz CT molecular complexity index is 1260. The Morgan fingerprint density at radius 1 is 1.09 bits per heavy atom. The lowest BCUT2D eigenvalue weighted by Gasteiger charge is -2.31. The van der Waals surface area contributed by atoms with Gasteiger partial charge in [-0.05, 0) is 79.7 Å². The van der Waals surface area contributed by atoms with Crippen LogP contribution in [0.3, 0.4) is 0 Å². The Hall–Kier alpha value is -3.64. The number of hydrogen-bond donors (Lipinski definition) is 1. The minimum atomic E-state index is -0.413. The van der Waals surface area contributed by atoms with E-state index in [0.29, 0.717) is 18.2 Å². The molecule has 0 fully saturated rings. The molecule has 4 aromatic rings. The van der Waals surface area contributed by atoms with E-state index in [1.165, 1.54) is 5.56 Å². The molecule has 1 heterocycles. The van der Waals surface area contributed by atoms with E-state index in [9.17, 15) is 4.79 Å². The average Bonchev–Trinajstić information content (AvgIpc) is 3.31. The number of fused-ring (bicyclic) bond motifs is 1. The van der Waals surface area contributed by atoms with Crippen molar-refractivity contribution in [1.29, 1.82) is 0 Å². The molecule has 0 bridgehead atoms. The molecule has 4 rings (SSSR count). The number of likely N-dealkylation sites (N-methyl/N-ethyl adjacent to an activating group) is 1. The van der Waals surface area contributed by atoms with Gasteiger partial charge < -0.3 is 19.9 Å². The van der Waals surface area contributed by atoms with Crippen molar-refractivity contribution in [3.63, 3.8) is 0 Å². The first-order valence-electron chi connectivity index (χ1n) is 11.0. The molecule has 0 saturated carbocycles. The first-order chi connectivity index (χ1) is 15.8. The first-order valence-corrected chi connectivity index (χ1v) is 11.0. The van der Waals surface area contributed by atoms with E-state index in [4.69, 9.17) is 10.5 Å². The average molecular weight is 443 g/mol. The molecular formula is C27H30N4O2. The molecule has 1 amide bonds. The van der Waals surface area contributed by atoms with Crippen LogP contribution in [-0.2, 0) is 6.61 Å². The van der Waals surface area contributed by atoms with Gasteiger partial charge in [-0.25, -0.2) is 4.98 Å². The topological polar surface area (TPSA) is 73.4 Å². The zero-order valence-corrected chi connectivity index (χ0v) is 19.5. The molecule has 6 heteroatoms. The fraction of sp³-hybridized carbons (Fsp3) is 0.259. The third-order valence-corrected chi connectivity index (χ3v) is 6.26. The molecule has 2 unspecified atom stereocenters. The second-order valence-electron chi connectivity index (χ2n) is 8.73. The molecule has 0 spiro atoms. The summed E-state index contributed by atoms with van der Waals surface area (Å²) in [7, 11) is 4.20. The third-order valence-electron chi connectivity index (χ3n) is 6.26. The number of aryl methyl sites for hydroxylation is 1. The Morgan fingerprint density at radius 3 is 2.52 bits per heavy atom. The van der Waals surface area contributed by atoms with Crippen molar-refractivity contribution in [3.8, 4) is 5.75 Å². The molecule has 33 heavy (non-hydrogen) atoms. The molecule has 2 N–H and O–H groups in total. The fourth-order valence-electron chi connectivity index (χ4n) is 4.19. The number of carbonyl (C=O) groups is 1. The van der Waals surface area contributed by atoms with Gasteiger partial charge in [-0.3, -0.25) is 4.79 Å². The summed E-state index contributed by atoms with van der Waals surface area (Å²) in [5.41, 5.74) is 9.02. The van der Waals surface area contributed by atoms with Crippen molar-refractivity contribution in [1.82, 2.24) is 14.5 Å². The number of hydrogen-bond acceptors (Lipinski definition) is 4. The van der Waals surface area contributed by atoms with Crippen molar-refractivity contribution in [3.05, 3.63) is 95.6 Å². The predicted molar refractivity (Wildman–Crippen MR) is 131 cm³/mol. The maximum atomic E-state index is 11.4. The summed E-state index contributed by atoms with van der Waals surface area (Å²) in [6, 6.07) is 18.8. The largest absolute Gasteiger partial charge is 0.489 e. The van der Waals surface area contributed by atoms with Crippen molar-refractivity contribution in [2.45, 2.75) is 32.5 Å². The zero-order valence-electron chi connectivity index (χ0n) is 19.5. The summed E-state index contributed by atoms with van der Waals surface area (Å²) in [5.74, 6) is 0.392. The predicted octanol–water partition coefficient (Wildman–Crippen LogP) is 4.56. The Balaban J connectivity index is 1.55. The number of ether oxygens (including phenoxy) is 1. The SMILES string of the molecule is Cc1cc(COc2ccc3cc(C(C(C)N(C)C)n4ccnc4)ccc3c2)ccc1C(N)=O. The molecule has 170 valence electrons. The Morgan fingerprint density at radius 2 is 1.85 bits per heavy atom. The third kappa shape index (κ3) is 4.91. The van der Waals surface area contributed by atoms with Gasteiger partial charge in [0.2, 0.25) is 5.91 Å². The lowest BCUT2D eigenvalue weighted by molar-refractivity contribution is 0.0999. The normalized spacial score (nSPS) is 13.2. The summed E-state index contributed by atoms with van der Waals surface area (Å²) in [5, 5.41) is 2.29. The van der Waals surface area contributed by atoms with Crippen LogP contribution in [0.2, 0.25) is 0 Å². The molecule has 0 aliphatic rings. The van der Waals surface area contributed by atoms with Gasteiger partial charge in [-0.2, -0.15) is 0 Å². The van der Waals surface area contributed by atoms with Crippen LogP contribution < -0.4 is 10.5 Å². The highest BCUT2D eigenvalue weighted by molar-refractivity contribution is 5.94. The number of nitrogens with zero attached hydrogens (tertiary/aromatic N) is 3. The standard InChI is InChI=1S/C27H30N4O2/c1-18-13-20(5-10-25(18)27(28)32)16-33-24-9-8-21-14-23(7-6-22(21)15-24)26(19(2)30(3)4)31-12-11-29-17-31/h5-15,17,19,26H,16H2,1-4H3,(H2,28,32). The van der Waals surface area contributed by atoms with E-state index in [1.807, 2.05) is 43.8 Å². The molecule has 0 radical (unpaired) electrons. The smallest absolute Gasteiger partial charge is 0.248 e. The van der Waals surface area contributed by atoms with Gasteiger partial charge in [0.1, 0.15) is 12.4 Å². The highest BCUT2D eigenvalue weighted by Crippen LogP contribution is 2.29. The van der Waals surface area contributed by atoms with E-state index in [1.54, 1.807) is 6.07 Å². The molecule has 1 aromatic heterocycles. The van der Waals surface area contributed by atoms with Gasteiger partial charge in [0.15, 0.2) is 0 Å². The number of imidazole rings is 1. The van der Waals surface area contributed by atoms with Gasteiger partial charge in [-0.1, -0.05) is 30.3 Å². The quantitative estimate of drug-likeness (QED) is 0.434. The molecule has 0 aliphatic heterocycles. The van der Waals surface area contributed by atoms with E-state index in [-0.39, 0.29) is 6.04 Å². The van der Waals surface area contributed by atoms with Crippen LogP contribution in [0.4, 0.5) is 0 Å². The highest BCUT2D eigenvalue weighted by Gasteiger charge is 2.22. The molecule has 2 atom stereocenters. The van der Waals surface area contributed by atoms with Crippen molar-refractivity contribution >= 4 is 16.7 Å². The van der Waals surface area contributed by atoms with E-state index < -0.39 is 5.91 Å². The Kier molecular flexibility index (Phi) is 6.47. The number of amides is 1. The van der Waals surface area contributed by atoms with E-state index in [2.05, 4.69) is 65.8 Å². The molecule has 0 saturated heterocycles. The van der Waals surface area contributed by atoms with Gasteiger partial charge in [0.05, 0.1) is 12.4 Å². The maximum Gasteiger partial charge on any atom is 0.248 e. The van der Waals surface area contributed by atoms with Crippen LogP contribution in [0.15, 0.2) is 73.3 Å². The van der Waals surface area contributed by atoms with Crippen molar-refractivity contribution in [2.24, 2.45) is 5.73 Å². The summed E-state index contributed by atoms with van der Waals surface area (Å²) < 4.78 is 8.19. The minimum absolute atomic E-state index is 0.162. The number of carbonyl (C=O) groups excluding carboxylic acids is 1. The number of primary amides is 1. The molecular weight excluding hydrogens is 412 g/mol. The summed E-state index contributed by atoms with van der Waals surface area (Å²) in [6.45, 7) is 4.53. The van der Waals surface area contributed by atoms with Gasteiger partial charge in [0, 0.05) is 24.0 Å². The van der Waals surface area contributed by atoms with E-state index >= 15 is 0 Å². The second kappa shape index (κ2) is 9.46. The van der Waals surface area contributed by atoms with Crippen LogP contribution in [0, 0.1) is 6.92 Å². The number of benzene rings is 3. The molecule has 6 nitrogen and oxygen atoms in total. The number of nitrogens with two attached hydrogens (primary N) is 1. The van der Waals surface area contributed by atoms with Crippen LogP contribution >= 0.6 is 0 Å². The van der Waals surface area contributed by atoms with Crippen molar-refractivity contribution < 1.29 is 9.53 Å². The molecule has 3 aromatic carbocycles. The lowest BCUT2D eigenvalue weighted by atomic mass is 9.96. The van der Waals surface area contributed by atoms with Gasteiger partial charge >= 0.3 is 0 Å². The van der Waals surface area contributed by atoms with Crippen LogP contribution in [-0.4, -0.2) is 40.5 Å². The van der Waals surface area contributed by atoms with Gasteiger partial charge in [-0.15, -0.1) is 0 Å². The first kappa shape index (κ1) is 22.6. The number of rotatable bonds is 8. The highest BCUT2D eigenvalue weighted by atomic mass is 16.5. The number of aromatic nitrogens is 2.